The van der Waals surface area contributed by atoms with Gasteiger partial charge in [0.05, 0.1) is 0 Å². The maximum absolute atomic E-state index is 10.7. The van der Waals surface area contributed by atoms with Crippen molar-refractivity contribution >= 4 is 5.97 Å². The highest BCUT2D eigenvalue weighted by Crippen LogP contribution is 2.28. The van der Waals surface area contributed by atoms with Crippen LogP contribution >= 0.6 is 0 Å². The van der Waals surface area contributed by atoms with E-state index in [-0.39, 0.29) is 17.8 Å². The lowest BCUT2D eigenvalue weighted by molar-refractivity contribution is 0.0658. The zero-order valence-corrected chi connectivity index (χ0v) is 12.8. The number of furan rings is 1. The van der Waals surface area contributed by atoms with Gasteiger partial charge in [0.15, 0.2) is 0 Å². The molecule has 0 aliphatic heterocycles. The molecule has 0 fully saturated rings. The highest BCUT2D eigenvalue weighted by molar-refractivity contribution is 5.84. The molecule has 1 N–H and O–H groups in total. The Morgan fingerprint density at radius 3 is 2.48 bits per heavy atom. The number of carboxylic acid groups (broad SMARTS) is 1. The fourth-order valence-corrected chi connectivity index (χ4v) is 2.00. The van der Waals surface area contributed by atoms with E-state index in [4.69, 9.17) is 14.3 Å². The second-order valence-corrected chi connectivity index (χ2v) is 6.09. The van der Waals surface area contributed by atoms with Crippen molar-refractivity contribution in [1.29, 1.82) is 0 Å². The maximum atomic E-state index is 10.7. The van der Waals surface area contributed by atoms with E-state index in [0.717, 1.165) is 11.3 Å². The van der Waals surface area contributed by atoms with Crippen molar-refractivity contribution in [2.75, 3.05) is 0 Å². The summed E-state index contributed by atoms with van der Waals surface area (Å²) in [5, 5.41) is 8.80. The van der Waals surface area contributed by atoms with E-state index >= 15 is 0 Å². The van der Waals surface area contributed by atoms with Gasteiger partial charge in [0, 0.05) is 0 Å². The largest absolute Gasteiger partial charge is 0.485 e. The lowest BCUT2D eigenvalue weighted by atomic mass is 9.86. The zero-order chi connectivity index (χ0) is 15.6. The molecular formula is C17H20O4. The Balaban J connectivity index is 2.08. The minimum Gasteiger partial charge on any atom is -0.485 e. The van der Waals surface area contributed by atoms with Crippen molar-refractivity contribution < 1.29 is 19.1 Å². The smallest absolute Gasteiger partial charge is 0.371 e. The number of ether oxygens (including phenoxy) is 1. The Kier molecular flexibility index (Phi) is 4.07. The molecule has 21 heavy (non-hydrogen) atoms. The third-order valence-corrected chi connectivity index (χ3v) is 3.28. The van der Waals surface area contributed by atoms with E-state index in [2.05, 4.69) is 26.8 Å². The Morgan fingerprint density at radius 1 is 1.24 bits per heavy atom. The van der Waals surface area contributed by atoms with E-state index < -0.39 is 5.97 Å². The van der Waals surface area contributed by atoms with Crippen molar-refractivity contribution in [3.8, 4) is 5.75 Å². The van der Waals surface area contributed by atoms with Crippen LogP contribution in [0, 0.1) is 6.92 Å². The summed E-state index contributed by atoms with van der Waals surface area (Å²) in [5.74, 6) is 0.114. The van der Waals surface area contributed by atoms with Gasteiger partial charge in [-0.3, -0.25) is 0 Å². The SMILES string of the molecule is Cc1cc(C(C)(C)C)ccc1OCc1ccc(C(=O)O)o1. The summed E-state index contributed by atoms with van der Waals surface area (Å²) >= 11 is 0. The van der Waals surface area contributed by atoms with Crippen LogP contribution in [0.4, 0.5) is 0 Å². The van der Waals surface area contributed by atoms with Crippen LogP contribution in [0.1, 0.15) is 48.2 Å². The number of rotatable bonds is 4. The summed E-state index contributed by atoms with van der Waals surface area (Å²) in [5.41, 5.74) is 2.40. The van der Waals surface area contributed by atoms with Gasteiger partial charge < -0.3 is 14.3 Å². The van der Waals surface area contributed by atoms with Crippen molar-refractivity contribution in [2.24, 2.45) is 0 Å². The molecule has 0 unspecified atom stereocenters. The van der Waals surface area contributed by atoms with Crippen LogP contribution in [0.15, 0.2) is 34.7 Å². The van der Waals surface area contributed by atoms with Gasteiger partial charge >= 0.3 is 5.97 Å². The quantitative estimate of drug-likeness (QED) is 0.917. The fraction of sp³-hybridized carbons (Fsp3) is 0.353. The first-order valence-corrected chi connectivity index (χ1v) is 6.83. The topological polar surface area (TPSA) is 59.7 Å². The standard InChI is InChI=1S/C17H20O4/c1-11-9-12(17(2,3)4)5-7-14(11)20-10-13-6-8-15(21-13)16(18)19/h5-9H,10H2,1-4H3,(H,18,19). The van der Waals surface area contributed by atoms with Gasteiger partial charge in [-0.2, -0.15) is 0 Å². The van der Waals surface area contributed by atoms with Gasteiger partial charge in [-0.05, 0) is 41.7 Å². The summed E-state index contributed by atoms with van der Waals surface area (Å²) in [6.45, 7) is 8.70. The molecule has 1 heterocycles. The molecule has 112 valence electrons. The van der Waals surface area contributed by atoms with E-state index in [1.807, 2.05) is 19.1 Å². The molecule has 4 heteroatoms. The molecule has 4 nitrogen and oxygen atoms in total. The van der Waals surface area contributed by atoms with Crippen LogP contribution in [0.3, 0.4) is 0 Å². The van der Waals surface area contributed by atoms with Gasteiger partial charge in [0.25, 0.3) is 0 Å². The lowest BCUT2D eigenvalue weighted by Crippen LogP contribution is -2.11. The molecule has 0 aliphatic rings. The Hall–Kier alpha value is -2.23. The highest BCUT2D eigenvalue weighted by Gasteiger charge is 2.15. The monoisotopic (exact) mass is 288 g/mol. The van der Waals surface area contributed by atoms with Crippen LogP contribution in [0.2, 0.25) is 0 Å². The van der Waals surface area contributed by atoms with Gasteiger partial charge in [-0.15, -0.1) is 0 Å². The van der Waals surface area contributed by atoms with E-state index in [1.165, 1.54) is 11.6 Å². The van der Waals surface area contributed by atoms with E-state index in [9.17, 15) is 4.79 Å². The zero-order valence-electron chi connectivity index (χ0n) is 12.8. The molecule has 1 aromatic heterocycles. The van der Waals surface area contributed by atoms with Crippen LogP contribution in [0.5, 0.6) is 5.75 Å². The fourth-order valence-electron chi connectivity index (χ4n) is 2.00. The number of aryl methyl sites for hydroxylation is 1. The molecule has 1 aromatic carbocycles. The van der Waals surface area contributed by atoms with Crippen molar-refractivity contribution in [3.63, 3.8) is 0 Å². The predicted octanol–water partition coefficient (Wildman–Crippen LogP) is 4.16. The predicted molar refractivity (Wildman–Crippen MR) is 79.9 cm³/mol. The summed E-state index contributed by atoms with van der Waals surface area (Å²) < 4.78 is 10.9. The maximum Gasteiger partial charge on any atom is 0.371 e. The van der Waals surface area contributed by atoms with Crippen LogP contribution in [-0.4, -0.2) is 11.1 Å². The Morgan fingerprint density at radius 2 is 1.95 bits per heavy atom. The van der Waals surface area contributed by atoms with Crippen LogP contribution < -0.4 is 4.74 Å². The van der Waals surface area contributed by atoms with Crippen LogP contribution in [-0.2, 0) is 12.0 Å². The Bertz CT molecular complexity index is 647. The summed E-state index contributed by atoms with van der Waals surface area (Å²) in [6, 6.07) is 9.14. The molecular weight excluding hydrogens is 268 g/mol. The molecule has 0 aliphatic carbocycles. The highest BCUT2D eigenvalue weighted by atomic mass is 16.5. The van der Waals surface area contributed by atoms with E-state index in [0.29, 0.717) is 5.76 Å². The second-order valence-electron chi connectivity index (χ2n) is 6.09. The molecule has 0 bridgehead atoms. The number of carboxylic acids is 1. The summed E-state index contributed by atoms with van der Waals surface area (Å²) in [7, 11) is 0. The normalized spacial score (nSPS) is 11.4. The average molecular weight is 288 g/mol. The molecule has 0 saturated heterocycles. The first kappa shape index (κ1) is 15.2. The number of aromatic carboxylic acids is 1. The average Bonchev–Trinajstić information content (AvgIpc) is 2.85. The minimum absolute atomic E-state index is 0.0756. The molecule has 0 radical (unpaired) electrons. The Labute approximate surface area is 124 Å². The first-order valence-electron chi connectivity index (χ1n) is 6.83. The van der Waals surface area contributed by atoms with Gasteiger partial charge in [0.2, 0.25) is 5.76 Å². The van der Waals surface area contributed by atoms with Crippen molar-refractivity contribution in [1.82, 2.24) is 0 Å². The summed E-state index contributed by atoms with van der Waals surface area (Å²) in [4.78, 5) is 10.7. The number of hydrogen-bond donors (Lipinski definition) is 1. The van der Waals surface area contributed by atoms with Gasteiger partial charge in [-0.25, -0.2) is 4.79 Å². The molecule has 2 rings (SSSR count). The molecule has 0 atom stereocenters. The minimum atomic E-state index is -1.08. The van der Waals surface area contributed by atoms with E-state index in [1.54, 1.807) is 6.07 Å². The lowest BCUT2D eigenvalue weighted by Gasteiger charge is -2.20. The van der Waals surface area contributed by atoms with Crippen molar-refractivity contribution in [3.05, 3.63) is 53.0 Å². The number of benzene rings is 1. The summed E-state index contributed by atoms with van der Waals surface area (Å²) in [6.07, 6.45) is 0. The molecule has 0 spiro atoms. The van der Waals surface area contributed by atoms with Gasteiger partial charge in [0.1, 0.15) is 18.1 Å². The second kappa shape index (κ2) is 5.64. The first-order chi connectivity index (χ1) is 9.77. The van der Waals surface area contributed by atoms with Crippen molar-refractivity contribution in [2.45, 2.75) is 39.7 Å². The third kappa shape index (κ3) is 3.66. The third-order valence-electron chi connectivity index (χ3n) is 3.28. The number of hydrogen-bond acceptors (Lipinski definition) is 3. The number of carbonyl (C=O) groups is 1. The molecule has 0 amide bonds. The van der Waals surface area contributed by atoms with Gasteiger partial charge in [-0.1, -0.05) is 32.9 Å². The molecule has 0 saturated carbocycles. The van der Waals surface area contributed by atoms with Crippen LogP contribution in [0.25, 0.3) is 0 Å². The molecule has 2 aromatic rings.